The predicted molar refractivity (Wildman–Crippen MR) is 90.8 cm³/mol. The van der Waals surface area contributed by atoms with Gasteiger partial charge in [0.1, 0.15) is 0 Å². The SMILES string of the molecule is C=CCOC1CN2[C@H]3CC[C@@H]2[C@@H]1[C@@H](c1ccc(Cl)c(Cl)c1)C3. The average Bonchev–Trinajstić information content (AvgIpc) is 2.93. The highest BCUT2D eigenvalue weighted by atomic mass is 35.5. The topological polar surface area (TPSA) is 12.5 Å². The first-order chi connectivity index (χ1) is 10.7. The maximum absolute atomic E-state index is 6.26. The molecule has 4 bridgehead atoms. The summed E-state index contributed by atoms with van der Waals surface area (Å²) in [5.41, 5.74) is 1.32. The quantitative estimate of drug-likeness (QED) is 0.749. The molecule has 6 atom stereocenters. The van der Waals surface area contributed by atoms with Gasteiger partial charge in [0.2, 0.25) is 0 Å². The van der Waals surface area contributed by atoms with E-state index in [1.54, 1.807) is 0 Å². The molecule has 1 aromatic carbocycles. The van der Waals surface area contributed by atoms with E-state index in [2.05, 4.69) is 23.6 Å². The van der Waals surface area contributed by atoms with Gasteiger partial charge in [-0.2, -0.15) is 0 Å². The molecule has 0 N–H and O–H groups in total. The highest BCUT2D eigenvalue weighted by molar-refractivity contribution is 6.42. The second kappa shape index (κ2) is 5.83. The summed E-state index contributed by atoms with van der Waals surface area (Å²) in [5, 5.41) is 1.30. The normalized spacial score (nSPS) is 39.2. The fraction of sp³-hybridized carbons (Fsp3) is 0.556. The number of nitrogens with zero attached hydrogens (tertiary/aromatic N) is 1. The first kappa shape index (κ1) is 15.0. The summed E-state index contributed by atoms with van der Waals surface area (Å²) in [4.78, 5) is 2.69. The number of rotatable bonds is 4. The van der Waals surface area contributed by atoms with Gasteiger partial charge in [-0.3, -0.25) is 4.90 Å². The van der Waals surface area contributed by atoms with Crippen molar-refractivity contribution in [3.05, 3.63) is 46.5 Å². The molecule has 2 nitrogen and oxygen atoms in total. The molecule has 0 aliphatic carbocycles. The largest absolute Gasteiger partial charge is 0.372 e. The third kappa shape index (κ3) is 2.32. The van der Waals surface area contributed by atoms with Gasteiger partial charge in [0, 0.05) is 24.5 Å². The Kier molecular flexibility index (Phi) is 3.98. The molecule has 3 aliphatic rings. The van der Waals surface area contributed by atoms with E-state index < -0.39 is 0 Å². The Morgan fingerprint density at radius 2 is 2.14 bits per heavy atom. The smallest absolute Gasteiger partial charge is 0.0755 e. The van der Waals surface area contributed by atoms with Crippen molar-refractivity contribution in [2.75, 3.05) is 13.2 Å². The lowest BCUT2D eigenvalue weighted by atomic mass is 9.76. The van der Waals surface area contributed by atoms with E-state index in [0.717, 1.165) is 6.54 Å². The number of hydrogen-bond donors (Lipinski definition) is 0. The van der Waals surface area contributed by atoms with Crippen molar-refractivity contribution in [3.63, 3.8) is 0 Å². The van der Waals surface area contributed by atoms with E-state index >= 15 is 0 Å². The maximum atomic E-state index is 6.26. The molecule has 1 aromatic rings. The van der Waals surface area contributed by atoms with E-state index in [1.807, 2.05) is 12.1 Å². The van der Waals surface area contributed by atoms with Crippen LogP contribution in [0.3, 0.4) is 0 Å². The van der Waals surface area contributed by atoms with Gasteiger partial charge < -0.3 is 4.74 Å². The molecule has 22 heavy (non-hydrogen) atoms. The number of ether oxygens (including phenoxy) is 1. The second-order valence-corrected chi connectivity index (χ2v) is 7.56. The summed E-state index contributed by atoms with van der Waals surface area (Å²) in [6, 6.07) is 7.52. The molecule has 2 unspecified atom stereocenters. The lowest BCUT2D eigenvalue weighted by Crippen LogP contribution is -2.41. The van der Waals surface area contributed by atoms with Crippen LogP contribution in [0.5, 0.6) is 0 Å². The Bertz CT molecular complexity index is 590. The third-order valence-electron chi connectivity index (χ3n) is 5.75. The molecule has 3 aliphatic heterocycles. The van der Waals surface area contributed by atoms with Crippen LogP contribution in [-0.2, 0) is 4.74 Å². The minimum Gasteiger partial charge on any atom is -0.372 e. The van der Waals surface area contributed by atoms with Gasteiger partial charge >= 0.3 is 0 Å². The zero-order valence-electron chi connectivity index (χ0n) is 12.6. The molecular weight excluding hydrogens is 317 g/mol. The van der Waals surface area contributed by atoms with E-state index in [0.29, 0.717) is 46.7 Å². The molecule has 4 heteroatoms. The van der Waals surface area contributed by atoms with Gasteiger partial charge in [-0.15, -0.1) is 6.58 Å². The third-order valence-corrected chi connectivity index (χ3v) is 6.48. The van der Waals surface area contributed by atoms with Gasteiger partial charge in [-0.1, -0.05) is 35.3 Å². The maximum Gasteiger partial charge on any atom is 0.0755 e. The van der Waals surface area contributed by atoms with E-state index in [-0.39, 0.29) is 0 Å². The molecule has 3 heterocycles. The van der Waals surface area contributed by atoms with Crippen molar-refractivity contribution in [3.8, 4) is 0 Å². The number of piperidine rings is 1. The Morgan fingerprint density at radius 3 is 2.91 bits per heavy atom. The van der Waals surface area contributed by atoms with Crippen molar-refractivity contribution >= 4 is 23.2 Å². The van der Waals surface area contributed by atoms with Crippen molar-refractivity contribution in [1.82, 2.24) is 4.90 Å². The lowest BCUT2D eigenvalue weighted by Gasteiger charge is -2.38. The first-order valence-electron chi connectivity index (χ1n) is 8.12. The van der Waals surface area contributed by atoms with Crippen LogP contribution >= 0.6 is 23.2 Å². The van der Waals surface area contributed by atoms with Crippen molar-refractivity contribution < 1.29 is 4.74 Å². The second-order valence-electron chi connectivity index (χ2n) is 6.75. The Labute approximate surface area is 142 Å². The van der Waals surface area contributed by atoms with Crippen LogP contribution in [0.2, 0.25) is 10.0 Å². The van der Waals surface area contributed by atoms with E-state index in [9.17, 15) is 0 Å². The molecule has 0 amide bonds. The Balaban J connectivity index is 1.66. The molecule has 3 fully saturated rings. The molecular formula is C18H21Cl2NO. The summed E-state index contributed by atoms with van der Waals surface area (Å²) in [7, 11) is 0. The zero-order chi connectivity index (χ0) is 15.3. The van der Waals surface area contributed by atoms with E-state index in [1.165, 1.54) is 24.8 Å². The van der Waals surface area contributed by atoms with Crippen LogP contribution in [0, 0.1) is 5.92 Å². The van der Waals surface area contributed by atoms with Gasteiger partial charge in [0.05, 0.1) is 22.8 Å². The van der Waals surface area contributed by atoms with Crippen LogP contribution in [0.1, 0.15) is 30.7 Å². The molecule has 0 radical (unpaired) electrons. The standard InChI is InChI=1S/C18H21Cl2NO/c1-2-7-22-17-10-21-12-4-6-16(21)18(17)13(9-12)11-3-5-14(19)15(20)8-11/h2-3,5,8,12-13,16-18H,1,4,6-7,9-10H2/t12-,13+,16+,17?,18-/m0/s1. The highest BCUT2D eigenvalue weighted by Gasteiger charge is 2.55. The van der Waals surface area contributed by atoms with Crippen molar-refractivity contribution in [1.29, 1.82) is 0 Å². The fourth-order valence-electron chi connectivity index (χ4n) is 4.93. The lowest BCUT2D eigenvalue weighted by molar-refractivity contribution is 0.0426. The van der Waals surface area contributed by atoms with Crippen molar-refractivity contribution in [2.24, 2.45) is 5.92 Å². The van der Waals surface area contributed by atoms with Crippen molar-refractivity contribution in [2.45, 2.75) is 43.4 Å². The van der Waals surface area contributed by atoms with Crippen LogP contribution in [0.25, 0.3) is 0 Å². The summed E-state index contributed by atoms with van der Waals surface area (Å²) in [6.07, 6.45) is 6.01. The Hall–Kier alpha value is -0.540. The number of halogens is 2. The molecule has 0 spiro atoms. The summed E-state index contributed by atoms with van der Waals surface area (Å²) in [6.45, 7) is 5.50. The van der Waals surface area contributed by atoms with E-state index in [4.69, 9.17) is 27.9 Å². The first-order valence-corrected chi connectivity index (χ1v) is 8.88. The number of benzene rings is 1. The molecule has 4 rings (SSSR count). The predicted octanol–water partition coefficient (Wildman–Crippen LogP) is 4.51. The minimum absolute atomic E-state index is 0.313. The summed E-state index contributed by atoms with van der Waals surface area (Å²) < 4.78 is 6.11. The highest BCUT2D eigenvalue weighted by Crippen LogP contribution is 2.53. The minimum atomic E-state index is 0.313. The summed E-state index contributed by atoms with van der Waals surface area (Å²) >= 11 is 12.3. The van der Waals surface area contributed by atoms with Crippen LogP contribution in [0.4, 0.5) is 0 Å². The average molecular weight is 338 g/mol. The van der Waals surface area contributed by atoms with Gasteiger partial charge in [0.15, 0.2) is 0 Å². The molecule has 118 valence electrons. The molecule has 0 saturated carbocycles. The van der Waals surface area contributed by atoms with Gasteiger partial charge in [-0.05, 0) is 42.9 Å². The van der Waals surface area contributed by atoms with Crippen LogP contribution in [0.15, 0.2) is 30.9 Å². The number of hydrogen-bond acceptors (Lipinski definition) is 2. The summed E-state index contributed by atoms with van der Waals surface area (Å²) in [5.74, 6) is 1.09. The van der Waals surface area contributed by atoms with Crippen LogP contribution < -0.4 is 0 Å². The van der Waals surface area contributed by atoms with Gasteiger partial charge in [-0.25, -0.2) is 0 Å². The zero-order valence-corrected chi connectivity index (χ0v) is 14.1. The molecule has 0 aromatic heterocycles. The van der Waals surface area contributed by atoms with Crippen LogP contribution in [-0.4, -0.2) is 36.2 Å². The van der Waals surface area contributed by atoms with Gasteiger partial charge in [0.25, 0.3) is 0 Å². The monoisotopic (exact) mass is 337 g/mol. The molecule has 3 saturated heterocycles. The fourth-order valence-corrected chi connectivity index (χ4v) is 5.23. The Morgan fingerprint density at radius 1 is 1.27 bits per heavy atom.